The van der Waals surface area contributed by atoms with Gasteiger partial charge in [-0.05, 0) is 157 Å². The van der Waals surface area contributed by atoms with E-state index in [1.54, 1.807) is 48.5 Å². The van der Waals surface area contributed by atoms with Crippen molar-refractivity contribution in [2.75, 3.05) is 24.7 Å². The number of halogens is 10. The van der Waals surface area contributed by atoms with Crippen LogP contribution in [0.3, 0.4) is 0 Å². The fourth-order valence-electron chi connectivity index (χ4n) is 7.99. The molecule has 0 heterocycles. The van der Waals surface area contributed by atoms with E-state index in [4.69, 9.17) is 30.4 Å². The largest absolute Gasteiger partial charge is 0.494 e. The van der Waals surface area contributed by atoms with E-state index in [0.29, 0.717) is 33.6 Å². The molecule has 0 aliphatic heterocycles. The number of rotatable bonds is 26. The molecule has 0 amide bonds. The van der Waals surface area contributed by atoms with Gasteiger partial charge in [0.05, 0.1) is 24.3 Å². The number of hydrogen-bond donors (Lipinski definition) is 4. The van der Waals surface area contributed by atoms with Crippen molar-refractivity contribution in [2.45, 2.75) is 74.9 Å². The Kier molecular flexibility index (Phi) is 19.9. The Bertz CT molecular complexity index is 3100. The lowest BCUT2D eigenvalue weighted by molar-refractivity contribution is -0.284. The smallest absolute Gasteiger partial charge is 0.453 e. The van der Waals surface area contributed by atoms with Gasteiger partial charge in [-0.1, -0.05) is 60.7 Å². The van der Waals surface area contributed by atoms with Crippen molar-refractivity contribution in [3.8, 4) is 23.0 Å². The zero-order valence-corrected chi connectivity index (χ0v) is 42.6. The molecule has 6 aromatic carbocycles. The maximum Gasteiger partial charge on any atom is 0.453 e. The first kappa shape index (κ1) is 61.7. The molecule has 0 fully saturated rings. The van der Waals surface area contributed by atoms with Crippen LogP contribution in [0.4, 0.5) is 55.3 Å². The van der Waals surface area contributed by atoms with Crippen LogP contribution >= 0.6 is 0 Å². The monoisotopic (exact) mass is 1140 g/mol. The van der Waals surface area contributed by atoms with Gasteiger partial charge in [-0.3, -0.25) is 9.59 Å². The van der Waals surface area contributed by atoms with Gasteiger partial charge in [-0.15, -0.1) is 0 Å². The number of anilines is 2. The number of allylic oxidation sites excluding steroid dienone is 1. The summed E-state index contributed by atoms with van der Waals surface area (Å²) >= 11 is 0. The first-order valence-electron chi connectivity index (χ1n) is 24.6. The first-order valence-corrected chi connectivity index (χ1v) is 24.6. The molecule has 0 aliphatic rings. The second-order valence-corrected chi connectivity index (χ2v) is 18.7. The number of hydrogen-bond acceptors (Lipinski definition) is 12. The summed E-state index contributed by atoms with van der Waals surface area (Å²) in [5.74, 6) is -16.1. The predicted molar refractivity (Wildman–Crippen MR) is 279 cm³/mol. The van der Waals surface area contributed by atoms with E-state index < -0.39 is 104 Å². The lowest BCUT2D eigenvalue weighted by atomic mass is 9.65. The number of nitrogen functional groups attached to an aromatic ring is 2. The van der Waals surface area contributed by atoms with Crippen molar-refractivity contribution in [2.24, 2.45) is 5.41 Å². The summed E-state index contributed by atoms with van der Waals surface area (Å²) in [6.45, 7) is -0.856. The molecule has 0 aliphatic carbocycles. The molecule has 0 bridgehead atoms. The lowest BCUT2D eigenvalue weighted by Gasteiger charge is -2.42. The Labute approximate surface area is 457 Å². The minimum absolute atomic E-state index is 0.0438. The van der Waals surface area contributed by atoms with Crippen LogP contribution in [0.5, 0.6) is 23.0 Å². The molecule has 0 saturated heterocycles. The second-order valence-electron chi connectivity index (χ2n) is 18.7. The number of ether oxygens (including phenoxy) is 4. The molecule has 6 aromatic rings. The maximum absolute atomic E-state index is 14.2. The Morgan fingerprint density at radius 1 is 0.457 bits per heavy atom. The third-order valence-corrected chi connectivity index (χ3v) is 12.5. The zero-order valence-electron chi connectivity index (χ0n) is 42.6. The molecular formula is C59H52F10N2O10. The summed E-state index contributed by atoms with van der Waals surface area (Å²) in [5, 5.41) is 24.4. The number of esters is 2. The summed E-state index contributed by atoms with van der Waals surface area (Å²) in [7, 11) is 0. The van der Waals surface area contributed by atoms with Gasteiger partial charge in [0.1, 0.15) is 23.0 Å². The minimum atomic E-state index is -5.67. The van der Waals surface area contributed by atoms with Gasteiger partial charge in [-0.25, -0.2) is 9.59 Å². The Hall–Kier alpha value is -8.50. The van der Waals surface area contributed by atoms with Crippen LogP contribution < -0.4 is 30.4 Å². The second kappa shape index (κ2) is 26.2. The van der Waals surface area contributed by atoms with E-state index in [2.05, 4.69) is 0 Å². The molecule has 0 atom stereocenters. The Morgan fingerprint density at radius 3 is 1.16 bits per heavy atom. The molecule has 6 N–H and O–H groups in total. The molecule has 0 saturated carbocycles. The van der Waals surface area contributed by atoms with Crippen molar-refractivity contribution in [3.63, 3.8) is 0 Å². The first-order chi connectivity index (χ1) is 38.0. The van der Waals surface area contributed by atoms with Crippen LogP contribution in [0.25, 0.3) is 12.2 Å². The van der Waals surface area contributed by atoms with Gasteiger partial charge >= 0.3 is 36.1 Å². The number of alkyl halides is 10. The van der Waals surface area contributed by atoms with Crippen molar-refractivity contribution in [1.29, 1.82) is 0 Å². The van der Waals surface area contributed by atoms with Crippen molar-refractivity contribution < 1.29 is 92.2 Å². The average molecular weight is 1140 g/mol. The number of benzene rings is 6. The van der Waals surface area contributed by atoms with Gasteiger partial charge < -0.3 is 40.6 Å². The number of carbonyl (C=O) groups excluding carboxylic acids is 4. The zero-order chi connectivity index (χ0) is 59.2. The standard InChI is InChI=1S/C59H52F10N2O10/c60-55(61,58(64,65)66)31-1-33-78-47-22-26-49(27-23-47)80-52(74)42-13-3-38(4-14-42)11-21-46(72)37-54(35-40-7-17-44(70)18-8-40,36-41-9-19-45(71)20-10-41)57(76,77)51(73)30-12-39-5-15-43(16-6-39)53(75)81-50-28-24-48(25-29-50)79-34-2-32-56(62,63)59(67,68)69/h3-30,76-77H,1-2,31-37,70-71H2. The molecular weight excluding hydrogens is 1090 g/mol. The summed E-state index contributed by atoms with van der Waals surface area (Å²) in [6, 6.07) is 34.7. The van der Waals surface area contributed by atoms with Gasteiger partial charge in [0, 0.05) is 36.1 Å². The highest BCUT2D eigenvalue weighted by molar-refractivity contribution is 6.01. The minimum Gasteiger partial charge on any atom is -0.494 e. The number of carbonyl (C=O) groups is 4. The van der Waals surface area contributed by atoms with Crippen LogP contribution in [-0.4, -0.2) is 76.9 Å². The molecule has 12 nitrogen and oxygen atoms in total. The van der Waals surface area contributed by atoms with Crippen LogP contribution in [0.15, 0.2) is 158 Å². The maximum atomic E-state index is 14.2. The third kappa shape index (κ3) is 17.2. The van der Waals surface area contributed by atoms with Crippen LogP contribution in [0, 0.1) is 5.41 Å². The number of ketones is 2. The molecule has 428 valence electrons. The highest BCUT2D eigenvalue weighted by atomic mass is 19.4. The molecule has 0 radical (unpaired) electrons. The van der Waals surface area contributed by atoms with Crippen molar-refractivity contribution in [1.82, 2.24) is 0 Å². The molecule has 81 heavy (non-hydrogen) atoms. The normalized spacial score (nSPS) is 12.6. The van der Waals surface area contributed by atoms with Gasteiger partial charge in [0.25, 0.3) is 0 Å². The van der Waals surface area contributed by atoms with Crippen LogP contribution in [0.1, 0.15) is 75.1 Å². The molecule has 22 heteroatoms. The van der Waals surface area contributed by atoms with Gasteiger partial charge in [-0.2, -0.15) is 43.9 Å². The Morgan fingerprint density at radius 2 is 0.802 bits per heavy atom. The van der Waals surface area contributed by atoms with E-state index in [1.807, 2.05) is 0 Å². The van der Waals surface area contributed by atoms with Crippen molar-refractivity contribution in [3.05, 3.63) is 191 Å². The van der Waals surface area contributed by atoms with Crippen LogP contribution in [0.2, 0.25) is 0 Å². The Balaban J connectivity index is 1.12. The van der Waals surface area contributed by atoms with E-state index >= 15 is 0 Å². The van der Waals surface area contributed by atoms with Crippen molar-refractivity contribution >= 4 is 47.0 Å². The van der Waals surface area contributed by atoms with E-state index in [9.17, 15) is 73.3 Å². The molecule has 0 unspecified atom stereocenters. The molecule has 0 aromatic heterocycles. The molecule has 0 spiro atoms. The summed E-state index contributed by atoms with van der Waals surface area (Å²) in [5.41, 5.74) is 12.6. The summed E-state index contributed by atoms with van der Waals surface area (Å²) in [4.78, 5) is 54.2. The fourth-order valence-corrected chi connectivity index (χ4v) is 7.99. The summed E-state index contributed by atoms with van der Waals surface area (Å²) in [6.07, 6.45) is -11.8. The topological polar surface area (TPSA) is 198 Å². The number of nitrogens with two attached hydrogens (primary N) is 2. The van der Waals surface area contributed by atoms with E-state index in [-0.39, 0.29) is 47.0 Å². The van der Waals surface area contributed by atoms with Gasteiger partial charge in [0.15, 0.2) is 5.78 Å². The van der Waals surface area contributed by atoms with E-state index in [0.717, 1.165) is 6.08 Å². The quantitative estimate of drug-likeness (QED) is 0.00764. The van der Waals surface area contributed by atoms with E-state index in [1.165, 1.54) is 115 Å². The van der Waals surface area contributed by atoms with Gasteiger partial charge in [0.2, 0.25) is 11.6 Å². The van der Waals surface area contributed by atoms with Crippen LogP contribution in [-0.2, 0) is 22.4 Å². The predicted octanol–water partition coefficient (Wildman–Crippen LogP) is 12.4. The lowest BCUT2D eigenvalue weighted by Crippen LogP contribution is -2.57. The fraction of sp³-hybridized carbons (Fsp3) is 0.254. The highest BCUT2D eigenvalue weighted by Crippen LogP contribution is 2.44. The average Bonchev–Trinajstić information content (AvgIpc) is 3.59. The number of aliphatic hydroxyl groups is 2. The SMILES string of the molecule is Nc1ccc(CC(CC(=O)C=Cc2ccc(C(=O)Oc3ccc(OCCCC(F)(F)C(F)(F)F)cc3)cc2)(Cc2ccc(N)cc2)C(O)(O)C(=O)C=Cc2ccc(C(=O)Oc3ccc(OCCCC(F)(F)C(F)(F)F)cc3)cc2)cc1. The summed E-state index contributed by atoms with van der Waals surface area (Å²) < 4.78 is 148. The third-order valence-electron chi connectivity index (χ3n) is 12.5. The molecule has 6 rings (SSSR count). The highest BCUT2D eigenvalue weighted by Gasteiger charge is 2.58.